The first kappa shape index (κ1) is 19.3. The van der Waals surface area contributed by atoms with E-state index in [4.69, 9.17) is 9.47 Å². The normalized spacial score (nSPS) is 19.6. The summed E-state index contributed by atoms with van der Waals surface area (Å²) in [4.78, 5) is 16.2. The molecule has 2 aliphatic rings. The van der Waals surface area contributed by atoms with Crippen LogP contribution < -0.4 is 10.2 Å². The molecule has 28 heavy (non-hydrogen) atoms. The van der Waals surface area contributed by atoms with Crippen LogP contribution in [0.25, 0.3) is 0 Å². The summed E-state index contributed by atoms with van der Waals surface area (Å²) in [6.45, 7) is 4.09. The van der Waals surface area contributed by atoms with E-state index in [1.165, 1.54) is 0 Å². The maximum Gasteiger partial charge on any atom is 0.256 e. The number of carbonyl (C=O) groups excluding carboxylic acids is 1. The van der Waals surface area contributed by atoms with E-state index in [0.717, 1.165) is 67.8 Å². The average molecular weight is 399 g/mol. The Kier molecular flexibility index (Phi) is 6.52. The summed E-state index contributed by atoms with van der Waals surface area (Å²) < 4.78 is 11.1. The van der Waals surface area contributed by atoms with Crippen LogP contribution in [0, 0.1) is 0 Å². The highest BCUT2D eigenvalue weighted by molar-refractivity contribution is 7.99. The molecule has 148 valence electrons. The first-order valence-corrected chi connectivity index (χ1v) is 10.9. The smallest absolute Gasteiger partial charge is 0.256 e. The number of carbonyl (C=O) groups is 1. The minimum absolute atomic E-state index is 0.0745. The molecule has 0 saturated carbocycles. The number of nitrogens with one attached hydrogen (secondary N) is 1. The van der Waals surface area contributed by atoms with Gasteiger partial charge in [0.05, 0.1) is 24.9 Å². The molecule has 5 nitrogen and oxygen atoms in total. The fourth-order valence-electron chi connectivity index (χ4n) is 3.54. The van der Waals surface area contributed by atoms with Crippen LogP contribution in [0.3, 0.4) is 0 Å². The fourth-order valence-corrected chi connectivity index (χ4v) is 4.66. The van der Waals surface area contributed by atoms with Gasteiger partial charge < -0.3 is 19.7 Å². The summed E-state index contributed by atoms with van der Waals surface area (Å²) in [6, 6.07) is 15.8. The Balaban J connectivity index is 1.43. The lowest BCUT2D eigenvalue weighted by Gasteiger charge is -2.29. The van der Waals surface area contributed by atoms with Gasteiger partial charge >= 0.3 is 0 Å². The predicted octanol–water partition coefficient (Wildman–Crippen LogP) is 4.05. The molecule has 1 amide bonds. The second kappa shape index (κ2) is 9.45. The van der Waals surface area contributed by atoms with Crippen LogP contribution in [0.2, 0.25) is 0 Å². The molecule has 2 aliphatic heterocycles. The van der Waals surface area contributed by atoms with Crippen LogP contribution >= 0.6 is 11.8 Å². The highest BCUT2D eigenvalue weighted by Crippen LogP contribution is 2.28. The first-order valence-electron chi connectivity index (χ1n) is 9.87. The van der Waals surface area contributed by atoms with Crippen molar-refractivity contribution in [3.8, 4) is 0 Å². The first-order chi connectivity index (χ1) is 13.8. The molecule has 1 unspecified atom stereocenters. The van der Waals surface area contributed by atoms with Crippen molar-refractivity contribution < 1.29 is 14.3 Å². The van der Waals surface area contributed by atoms with Crippen molar-refractivity contribution in [3.63, 3.8) is 0 Å². The van der Waals surface area contributed by atoms with Gasteiger partial charge in [-0.05, 0) is 43.2 Å². The zero-order chi connectivity index (χ0) is 19.2. The van der Waals surface area contributed by atoms with E-state index in [-0.39, 0.29) is 5.91 Å². The van der Waals surface area contributed by atoms with Crippen molar-refractivity contribution in [2.45, 2.75) is 23.8 Å². The number of thioether (sulfide) groups is 1. The molecule has 2 fully saturated rings. The largest absolute Gasteiger partial charge is 0.378 e. The van der Waals surface area contributed by atoms with E-state index in [9.17, 15) is 4.79 Å². The molecule has 4 rings (SSSR count). The number of benzene rings is 2. The zero-order valence-corrected chi connectivity index (χ0v) is 16.7. The Morgan fingerprint density at radius 2 is 1.96 bits per heavy atom. The third-order valence-electron chi connectivity index (χ3n) is 5.06. The number of nitrogens with zero attached hydrogens (tertiary/aromatic N) is 1. The molecule has 1 atom stereocenters. The molecule has 2 heterocycles. The van der Waals surface area contributed by atoms with Crippen molar-refractivity contribution in [2.24, 2.45) is 0 Å². The van der Waals surface area contributed by atoms with E-state index < -0.39 is 0 Å². The van der Waals surface area contributed by atoms with Crippen LogP contribution in [0.15, 0.2) is 53.4 Å². The van der Waals surface area contributed by atoms with Crippen LogP contribution in [0.4, 0.5) is 11.4 Å². The van der Waals surface area contributed by atoms with Gasteiger partial charge in [0.2, 0.25) is 0 Å². The molecule has 2 saturated heterocycles. The molecule has 0 aliphatic carbocycles. The van der Waals surface area contributed by atoms with Gasteiger partial charge in [0.15, 0.2) is 0 Å². The van der Waals surface area contributed by atoms with Crippen molar-refractivity contribution in [1.82, 2.24) is 0 Å². The summed E-state index contributed by atoms with van der Waals surface area (Å²) >= 11 is 1.70. The molecule has 0 radical (unpaired) electrons. The van der Waals surface area contributed by atoms with Gasteiger partial charge in [0.1, 0.15) is 0 Å². The Morgan fingerprint density at radius 3 is 2.79 bits per heavy atom. The Hall–Kier alpha value is -2.02. The van der Waals surface area contributed by atoms with Gasteiger partial charge in [-0.25, -0.2) is 0 Å². The van der Waals surface area contributed by atoms with Crippen molar-refractivity contribution in [1.29, 1.82) is 0 Å². The SMILES string of the molecule is O=C(Nc1cccc(N2CCOCC2)c1)c1ccccc1SCC1CCCO1. The summed E-state index contributed by atoms with van der Waals surface area (Å²) in [5.74, 6) is 0.811. The van der Waals surface area contributed by atoms with E-state index in [1.807, 2.05) is 42.5 Å². The van der Waals surface area contributed by atoms with Crippen LogP contribution in [0.1, 0.15) is 23.2 Å². The fraction of sp³-hybridized carbons (Fsp3) is 0.409. The van der Waals surface area contributed by atoms with Crippen LogP contribution in [0.5, 0.6) is 0 Å². The number of hydrogen-bond acceptors (Lipinski definition) is 5. The van der Waals surface area contributed by atoms with Gasteiger partial charge in [0.25, 0.3) is 5.91 Å². The van der Waals surface area contributed by atoms with Gasteiger partial charge in [0, 0.05) is 41.7 Å². The van der Waals surface area contributed by atoms with Crippen LogP contribution in [-0.2, 0) is 9.47 Å². The molecule has 0 spiro atoms. The Bertz CT molecular complexity index is 802. The number of ether oxygens (including phenoxy) is 2. The molecule has 6 heteroatoms. The van der Waals surface area contributed by atoms with Gasteiger partial charge in [-0.15, -0.1) is 11.8 Å². The van der Waals surface area contributed by atoms with Gasteiger partial charge in [-0.1, -0.05) is 18.2 Å². The molecular formula is C22H26N2O3S. The van der Waals surface area contributed by atoms with Crippen molar-refractivity contribution >= 4 is 29.0 Å². The lowest BCUT2D eigenvalue weighted by Crippen LogP contribution is -2.36. The lowest BCUT2D eigenvalue weighted by molar-refractivity contribution is 0.102. The average Bonchev–Trinajstić information content (AvgIpc) is 3.27. The highest BCUT2D eigenvalue weighted by Gasteiger charge is 2.18. The second-order valence-corrected chi connectivity index (χ2v) is 8.11. The van der Waals surface area contributed by atoms with Crippen LogP contribution in [-0.4, -0.2) is 50.7 Å². The van der Waals surface area contributed by atoms with E-state index >= 15 is 0 Å². The minimum Gasteiger partial charge on any atom is -0.378 e. The maximum atomic E-state index is 12.9. The molecule has 0 bridgehead atoms. The third kappa shape index (κ3) is 4.87. The lowest BCUT2D eigenvalue weighted by atomic mass is 10.2. The second-order valence-electron chi connectivity index (χ2n) is 7.05. The molecule has 2 aromatic carbocycles. The minimum atomic E-state index is -0.0745. The zero-order valence-electron chi connectivity index (χ0n) is 15.9. The van der Waals surface area contributed by atoms with Crippen molar-refractivity contribution in [2.75, 3.05) is 48.9 Å². The van der Waals surface area contributed by atoms with Gasteiger partial charge in [-0.2, -0.15) is 0 Å². The topological polar surface area (TPSA) is 50.8 Å². The highest BCUT2D eigenvalue weighted by atomic mass is 32.2. The van der Waals surface area contributed by atoms with E-state index in [2.05, 4.69) is 16.3 Å². The Morgan fingerprint density at radius 1 is 1.11 bits per heavy atom. The third-order valence-corrected chi connectivity index (χ3v) is 6.27. The summed E-state index contributed by atoms with van der Waals surface area (Å²) in [5.41, 5.74) is 2.64. The Labute approximate surface area is 170 Å². The van der Waals surface area contributed by atoms with Crippen molar-refractivity contribution in [3.05, 3.63) is 54.1 Å². The molecule has 1 N–H and O–H groups in total. The quantitative estimate of drug-likeness (QED) is 0.744. The maximum absolute atomic E-state index is 12.9. The molecular weight excluding hydrogens is 372 g/mol. The number of anilines is 2. The van der Waals surface area contributed by atoms with Gasteiger partial charge in [-0.3, -0.25) is 4.79 Å². The standard InChI is InChI=1S/C22H26N2O3S/c25-22(20-8-1-2-9-21(20)28-16-19-7-4-12-27-19)23-17-5-3-6-18(15-17)24-10-13-26-14-11-24/h1-3,5-6,8-9,15,19H,4,7,10-14,16H2,(H,23,25). The number of rotatable bonds is 6. The number of morpholine rings is 1. The summed E-state index contributed by atoms with van der Waals surface area (Å²) in [5, 5.41) is 3.06. The predicted molar refractivity (Wildman–Crippen MR) is 114 cm³/mol. The molecule has 2 aromatic rings. The number of hydrogen-bond donors (Lipinski definition) is 1. The summed E-state index contributed by atoms with van der Waals surface area (Å²) in [6.07, 6.45) is 2.54. The summed E-state index contributed by atoms with van der Waals surface area (Å²) in [7, 11) is 0. The number of amides is 1. The molecule has 0 aromatic heterocycles. The van der Waals surface area contributed by atoms with E-state index in [1.54, 1.807) is 11.8 Å². The monoisotopic (exact) mass is 398 g/mol. The van der Waals surface area contributed by atoms with E-state index in [0.29, 0.717) is 11.7 Å².